The van der Waals surface area contributed by atoms with E-state index < -0.39 is 0 Å². The van der Waals surface area contributed by atoms with E-state index in [0.717, 1.165) is 11.3 Å². The summed E-state index contributed by atoms with van der Waals surface area (Å²) >= 11 is 0. The van der Waals surface area contributed by atoms with Crippen LogP contribution in [0.3, 0.4) is 0 Å². The zero-order chi connectivity index (χ0) is 18.1. The number of rotatable bonds is 7. The maximum absolute atomic E-state index is 12.0. The molecule has 2 N–H and O–H groups in total. The van der Waals surface area contributed by atoms with Crippen LogP contribution in [0.1, 0.15) is 29.3 Å². The molecule has 0 aliphatic heterocycles. The minimum Gasteiger partial charge on any atom is -0.497 e. The molecule has 6 nitrogen and oxygen atoms in total. The van der Waals surface area contributed by atoms with Crippen LogP contribution < -0.4 is 20.3 Å². The van der Waals surface area contributed by atoms with Crippen molar-refractivity contribution in [3.63, 3.8) is 0 Å². The Labute approximate surface area is 147 Å². The first kappa shape index (κ1) is 18.3. The molecule has 2 rings (SSSR count). The number of hydrogen-bond acceptors (Lipinski definition) is 4. The van der Waals surface area contributed by atoms with Crippen LogP contribution in [-0.4, -0.2) is 25.5 Å². The zero-order valence-corrected chi connectivity index (χ0v) is 14.4. The lowest BCUT2D eigenvalue weighted by molar-refractivity contribution is -0.121. The molecule has 132 valence electrons. The molecule has 2 aromatic carbocycles. The van der Waals surface area contributed by atoms with Crippen LogP contribution in [0.5, 0.6) is 11.5 Å². The highest BCUT2D eigenvalue weighted by molar-refractivity contribution is 5.95. The van der Waals surface area contributed by atoms with Gasteiger partial charge in [-0.05, 0) is 55.3 Å². The Bertz CT molecular complexity index is 714. The number of hydrogen-bond donors (Lipinski definition) is 2. The molecule has 0 bridgehead atoms. The van der Waals surface area contributed by atoms with E-state index in [2.05, 4.69) is 10.9 Å². The fourth-order valence-electron chi connectivity index (χ4n) is 2.22. The number of carbonyl (C=O) groups excluding carboxylic acids is 2. The molecule has 0 saturated heterocycles. The molecule has 0 atom stereocenters. The molecule has 25 heavy (non-hydrogen) atoms. The van der Waals surface area contributed by atoms with E-state index in [1.807, 2.05) is 31.2 Å². The Morgan fingerprint density at radius 2 is 1.76 bits per heavy atom. The molecule has 2 aromatic rings. The second kappa shape index (κ2) is 9.32. The molecular weight excluding hydrogens is 320 g/mol. The van der Waals surface area contributed by atoms with Gasteiger partial charge in [-0.3, -0.25) is 20.4 Å². The van der Waals surface area contributed by atoms with Crippen molar-refractivity contribution < 1.29 is 19.1 Å². The lowest BCUT2D eigenvalue weighted by Gasteiger charge is -2.09. The quantitative estimate of drug-likeness (QED) is 0.758. The fourth-order valence-corrected chi connectivity index (χ4v) is 2.22. The van der Waals surface area contributed by atoms with Gasteiger partial charge in [-0.25, -0.2) is 0 Å². The van der Waals surface area contributed by atoms with Crippen LogP contribution in [0.2, 0.25) is 0 Å². The van der Waals surface area contributed by atoms with Crippen molar-refractivity contribution in [1.29, 1.82) is 0 Å². The van der Waals surface area contributed by atoms with Gasteiger partial charge in [0.15, 0.2) is 0 Å². The minimum absolute atomic E-state index is 0.261. The number of benzene rings is 2. The highest BCUT2D eigenvalue weighted by atomic mass is 16.5. The van der Waals surface area contributed by atoms with Crippen LogP contribution in [0.25, 0.3) is 0 Å². The normalized spacial score (nSPS) is 10.0. The first-order valence-corrected chi connectivity index (χ1v) is 8.07. The van der Waals surface area contributed by atoms with Gasteiger partial charge in [-0.2, -0.15) is 0 Å². The summed E-state index contributed by atoms with van der Waals surface area (Å²) < 4.78 is 10.5. The Kier molecular flexibility index (Phi) is 6.83. The maximum atomic E-state index is 12.0. The topological polar surface area (TPSA) is 76.7 Å². The van der Waals surface area contributed by atoms with Crippen molar-refractivity contribution >= 4 is 11.8 Å². The van der Waals surface area contributed by atoms with Crippen molar-refractivity contribution in [3.05, 3.63) is 59.7 Å². The number of methoxy groups -OCH3 is 1. The third-order valence-electron chi connectivity index (χ3n) is 3.52. The summed E-state index contributed by atoms with van der Waals surface area (Å²) in [4.78, 5) is 23.9. The summed E-state index contributed by atoms with van der Waals surface area (Å²) in [6, 6.07) is 14.2. The van der Waals surface area contributed by atoms with Gasteiger partial charge in [0.1, 0.15) is 11.5 Å². The fraction of sp³-hybridized carbons (Fsp3) is 0.263. The van der Waals surface area contributed by atoms with Gasteiger partial charge in [0.05, 0.1) is 13.7 Å². The van der Waals surface area contributed by atoms with Crippen molar-refractivity contribution in [3.8, 4) is 11.5 Å². The molecule has 0 aromatic heterocycles. The number of ether oxygens (including phenoxy) is 2. The predicted molar refractivity (Wildman–Crippen MR) is 94.5 cm³/mol. The number of carbonyl (C=O) groups is 2. The largest absolute Gasteiger partial charge is 0.497 e. The average molecular weight is 342 g/mol. The molecule has 0 unspecified atom stereocenters. The summed E-state index contributed by atoms with van der Waals surface area (Å²) in [5.74, 6) is 0.808. The summed E-state index contributed by atoms with van der Waals surface area (Å²) in [5.41, 5.74) is 6.26. The first-order chi connectivity index (χ1) is 12.1. The zero-order valence-electron chi connectivity index (χ0n) is 14.4. The van der Waals surface area contributed by atoms with Crippen molar-refractivity contribution in [2.75, 3.05) is 13.7 Å². The van der Waals surface area contributed by atoms with E-state index in [1.165, 1.54) is 0 Å². The summed E-state index contributed by atoms with van der Waals surface area (Å²) in [5, 5.41) is 0. The number of hydrazine groups is 1. The van der Waals surface area contributed by atoms with E-state index in [9.17, 15) is 9.59 Å². The Balaban J connectivity index is 1.77. The predicted octanol–water partition coefficient (Wildman–Crippen LogP) is 2.49. The van der Waals surface area contributed by atoms with E-state index in [4.69, 9.17) is 9.47 Å². The third-order valence-corrected chi connectivity index (χ3v) is 3.52. The standard InChI is InChI=1S/C19H22N2O4/c1-3-25-16-10-8-15(9-11-16)19(23)21-20-18(22)12-7-14-5-4-6-17(13-14)24-2/h4-6,8-11,13H,3,7,12H2,1-2H3,(H,20,22)(H,21,23). The molecule has 0 fully saturated rings. The van der Waals surface area contributed by atoms with Crippen LogP contribution in [0, 0.1) is 0 Å². The molecular formula is C19H22N2O4. The van der Waals surface area contributed by atoms with Gasteiger partial charge in [0.2, 0.25) is 5.91 Å². The number of nitrogens with one attached hydrogen (secondary N) is 2. The summed E-state index contributed by atoms with van der Waals surface area (Å²) in [6.45, 7) is 2.45. The van der Waals surface area contributed by atoms with Gasteiger partial charge in [0, 0.05) is 12.0 Å². The van der Waals surface area contributed by atoms with Gasteiger partial charge in [-0.1, -0.05) is 12.1 Å². The average Bonchev–Trinajstić information content (AvgIpc) is 2.65. The molecule has 0 saturated carbocycles. The molecule has 6 heteroatoms. The van der Waals surface area contributed by atoms with E-state index in [-0.39, 0.29) is 18.2 Å². The first-order valence-electron chi connectivity index (χ1n) is 8.07. The van der Waals surface area contributed by atoms with E-state index in [1.54, 1.807) is 31.4 Å². The summed E-state index contributed by atoms with van der Waals surface area (Å²) in [7, 11) is 1.60. The smallest absolute Gasteiger partial charge is 0.269 e. The van der Waals surface area contributed by atoms with E-state index in [0.29, 0.717) is 24.3 Å². The SMILES string of the molecule is CCOc1ccc(C(=O)NNC(=O)CCc2cccc(OC)c2)cc1. The maximum Gasteiger partial charge on any atom is 0.269 e. The van der Waals surface area contributed by atoms with Crippen LogP contribution >= 0.6 is 0 Å². The van der Waals surface area contributed by atoms with Crippen molar-refractivity contribution in [1.82, 2.24) is 10.9 Å². The lowest BCUT2D eigenvalue weighted by atomic mass is 10.1. The van der Waals surface area contributed by atoms with Gasteiger partial charge >= 0.3 is 0 Å². The van der Waals surface area contributed by atoms with Crippen molar-refractivity contribution in [2.45, 2.75) is 19.8 Å². The second-order valence-corrected chi connectivity index (χ2v) is 5.31. The molecule has 0 aliphatic rings. The van der Waals surface area contributed by atoms with E-state index >= 15 is 0 Å². The van der Waals surface area contributed by atoms with Gasteiger partial charge in [-0.15, -0.1) is 0 Å². The van der Waals surface area contributed by atoms with Gasteiger partial charge in [0.25, 0.3) is 5.91 Å². The Hall–Kier alpha value is -3.02. The number of amides is 2. The Morgan fingerprint density at radius 3 is 2.44 bits per heavy atom. The highest BCUT2D eigenvalue weighted by Crippen LogP contribution is 2.14. The lowest BCUT2D eigenvalue weighted by Crippen LogP contribution is -2.41. The van der Waals surface area contributed by atoms with Crippen LogP contribution in [-0.2, 0) is 11.2 Å². The minimum atomic E-state index is -0.377. The van der Waals surface area contributed by atoms with Crippen LogP contribution in [0.4, 0.5) is 0 Å². The number of aryl methyl sites for hydroxylation is 1. The monoisotopic (exact) mass is 342 g/mol. The summed E-state index contributed by atoms with van der Waals surface area (Å²) in [6.07, 6.45) is 0.818. The molecule has 0 heterocycles. The third kappa shape index (κ3) is 5.84. The molecule has 2 amide bonds. The molecule has 0 aliphatic carbocycles. The highest BCUT2D eigenvalue weighted by Gasteiger charge is 2.08. The van der Waals surface area contributed by atoms with Crippen molar-refractivity contribution in [2.24, 2.45) is 0 Å². The second-order valence-electron chi connectivity index (χ2n) is 5.31. The van der Waals surface area contributed by atoms with Crippen LogP contribution in [0.15, 0.2) is 48.5 Å². The molecule has 0 spiro atoms. The van der Waals surface area contributed by atoms with Gasteiger partial charge < -0.3 is 9.47 Å². The Morgan fingerprint density at radius 1 is 1.00 bits per heavy atom. The molecule has 0 radical (unpaired) electrons.